The lowest BCUT2D eigenvalue weighted by Crippen LogP contribution is -2.09. The number of carboxylic acid groups (broad SMARTS) is 1. The van der Waals surface area contributed by atoms with E-state index in [1.807, 2.05) is 20.8 Å². The van der Waals surface area contributed by atoms with Crippen LogP contribution in [0.25, 0.3) is 5.82 Å². The van der Waals surface area contributed by atoms with Crippen molar-refractivity contribution in [1.82, 2.24) is 14.8 Å². The zero-order valence-electron chi connectivity index (χ0n) is 20.9. The Morgan fingerprint density at radius 3 is 2.51 bits per heavy atom. The van der Waals surface area contributed by atoms with E-state index in [4.69, 9.17) is 19.3 Å². The highest BCUT2D eigenvalue weighted by molar-refractivity contribution is 5.67. The van der Waals surface area contributed by atoms with E-state index < -0.39 is 17.7 Å². The van der Waals surface area contributed by atoms with Crippen molar-refractivity contribution in [2.24, 2.45) is 0 Å². The van der Waals surface area contributed by atoms with E-state index in [0.29, 0.717) is 49.9 Å². The van der Waals surface area contributed by atoms with E-state index in [0.717, 1.165) is 23.4 Å². The molecule has 8 nitrogen and oxygen atoms in total. The van der Waals surface area contributed by atoms with Crippen molar-refractivity contribution >= 4 is 5.97 Å². The summed E-state index contributed by atoms with van der Waals surface area (Å²) in [6.45, 7) is 6.40. The number of nitrogens with zero attached hydrogens (tertiary/aromatic N) is 3. The molecule has 1 N–H and O–H groups in total. The number of rotatable bonds is 13. The molecule has 0 radical (unpaired) electrons. The number of carbonyl (C=O) groups is 1. The molecule has 0 aliphatic rings. The molecule has 1 aromatic carbocycles. The highest BCUT2D eigenvalue weighted by Crippen LogP contribution is 2.30. The average Bonchev–Trinajstić information content (AvgIpc) is 3.22. The van der Waals surface area contributed by atoms with E-state index in [1.165, 1.54) is 10.7 Å². The van der Waals surface area contributed by atoms with Crippen molar-refractivity contribution in [2.45, 2.75) is 58.7 Å². The number of halogens is 3. The van der Waals surface area contributed by atoms with E-state index in [1.54, 1.807) is 24.4 Å². The molecule has 0 atom stereocenters. The van der Waals surface area contributed by atoms with Crippen LogP contribution >= 0.6 is 0 Å². The lowest BCUT2D eigenvalue weighted by atomic mass is 10.1. The first kappa shape index (κ1) is 27.8. The van der Waals surface area contributed by atoms with Crippen LogP contribution in [0.4, 0.5) is 13.2 Å². The van der Waals surface area contributed by atoms with Crippen LogP contribution in [-0.4, -0.2) is 45.2 Å². The fraction of sp³-hybridized carbons (Fsp3) is 0.423. The van der Waals surface area contributed by atoms with Gasteiger partial charge >= 0.3 is 12.1 Å². The molecule has 0 spiro atoms. The number of benzene rings is 1. The molecule has 0 unspecified atom stereocenters. The molecule has 0 saturated heterocycles. The summed E-state index contributed by atoms with van der Waals surface area (Å²) < 4.78 is 57.3. The molecule has 0 bridgehead atoms. The molecule has 3 rings (SSSR count). The summed E-state index contributed by atoms with van der Waals surface area (Å²) in [5.74, 6) is 0.958. The van der Waals surface area contributed by atoms with Crippen LogP contribution in [0.15, 0.2) is 42.7 Å². The van der Waals surface area contributed by atoms with Crippen molar-refractivity contribution in [3.05, 3.63) is 59.4 Å². The monoisotopic (exact) mass is 521 g/mol. The number of aromatic nitrogens is 3. The summed E-state index contributed by atoms with van der Waals surface area (Å²) >= 11 is 0. The van der Waals surface area contributed by atoms with Crippen molar-refractivity contribution in [2.75, 3.05) is 13.2 Å². The molecule has 37 heavy (non-hydrogen) atoms. The van der Waals surface area contributed by atoms with Crippen LogP contribution in [0.2, 0.25) is 0 Å². The molecule has 3 aromatic rings. The van der Waals surface area contributed by atoms with Gasteiger partial charge in [-0.25, -0.2) is 9.67 Å². The first-order valence-electron chi connectivity index (χ1n) is 12.0. The van der Waals surface area contributed by atoms with Gasteiger partial charge in [-0.05, 0) is 63.8 Å². The zero-order valence-corrected chi connectivity index (χ0v) is 20.9. The van der Waals surface area contributed by atoms with Crippen molar-refractivity contribution in [1.29, 1.82) is 0 Å². The molecule has 2 heterocycles. The third kappa shape index (κ3) is 8.12. The molecule has 0 aliphatic heterocycles. The largest absolute Gasteiger partial charge is 0.493 e. The van der Waals surface area contributed by atoms with Gasteiger partial charge in [0.25, 0.3) is 0 Å². The zero-order chi connectivity index (χ0) is 27.0. The van der Waals surface area contributed by atoms with E-state index in [-0.39, 0.29) is 18.3 Å². The Balaban J connectivity index is 1.65. The van der Waals surface area contributed by atoms with E-state index in [2.05, 4.69) is 10.1 Å². The van der Waals surface area contributed by atoms with Gasteiger partial charge < -0.3 is 19.3 Å². The lowest BCUT2D eigenvalue weighted by molar-refractivity contribution is -0.138. The van der Waals surface area contributed by atoms with Gasteiger partial charge in [0.15, 0.2) is 5.82 Å². The van der Waals surface area contributed by atoms with Crippen molar-refractivity contribution in [3.8, 4) is 23.2 Å². The maximum atomic E-state index is 12.9. The van der Waals surface area contributed by atoms with Gasteiger partial charge in [-0.2, -0.15) is 13.2 Å². The number of aliphatic carboxylic acids is 1. The van der Waals surface area contributed by atoms with Gasteiger partial charge in [0, 0.05) is 30.4 Å². The second-order valence-electron chi connectivity index (χ2n) is 8.52. The normalized spacial score (nSPS) is 11.5. The Kier molecular flexibility index (Phi) is 9.37. The number of ether oxygens (including phenoxy) is 3. The number of hydrogen-bond acceptors (Lipinski definition) is 6. The highest BCUT2D eigenvalue weighted by Gasteiger charge is 2.30. The van der Waals surface area contributed by atoms with Crippen molar-refractivity contribution in [3.63, 3.8) is 0 Å². The molecule has 0 saturated carbocycles. The van der Waals surface area contributed by atoms with Gasteiger partial charge in [-0.1, -0.05) is 6.07 Å². The highest BCUT2D eigenvalue weighted by atomic mass is 19.4. The summed E-state index contributed by atoms with van der Waals surface area (Å²) in [5.41, 5.74) is 0.747. The van der Waals surface area contributed by atoms with E-state index in [9.17, 15) is 18.0 Å². The van der Waals surface area contributed by atoms with Crippen LogP contribution in [0.1, 0.15) is 50.3 Å². The molecule has 11 heteroatoms. The Hall–Kier alpha value is -3.76. The minimum Gasteiger partial charge on any atom is -0.493 e. The summed E-state index contributed by atoms with van der Waals surface area (Å²) in [6.07, 6.45) is -0.597. The Labute approximate surface area is 213 Å². The molecule has 0 fully saturated rings. The molecule has 200 valence electrons. The number of carboxylic acids is 1. The number of hydrogen-bond donors (Lipinski definition) is 1. The van der Waals surface area contributed by atoms with Gasteiger partial charge in [0.05, 0.1) is 24.9 Å². The quantitative estimate of drug-likeness (QED) is 0.297. The van der Waals surface area contributed by atoms with E-state index >= 15 is 0 Å². The Morgan fingerprint density at radius 2 is 1.89 bits per heavy atom. The van der Waals surface area contributed by atoms with Crippen LogP contribution in [0.5, 0.6) is 17.4 Å². The molecular formula is C26H30F3N3O5. The topological polar surface area (TPSA) is 95.7 Å². The second-order valence-corrected chi connectivity index (χ2v) is 8.52. The fourth-order valence-electron chi connectivity index (χ4n) is 3.51. The fourth-order valence-corrected chi connectivity index (χ4v) is 3.51. The minimum absolute atomic E-state index is 0.0107. The molecule has 0 amide bonds. The standard InChI is InChI=1S/C26H30F3N3O5/c1-4-35-22-14-21(10-7-18(22)8-12-24(33)34)36-13-5-6-19-16-32(31-25(19)37-17(2)3)23-11-9-20(15-30-23)26(27,28)29/h7,9-11,14-17H,4-6,8,12-13H2,1-3H3,(H,33,34). The van der Waals surface area contributed by atoms with Gasteiger partial charge in [-0.15, -0.1) is 5.10 Å². The van der Waals surface area contributed by atoms with Crippen LogP contribution in [0.3, 0.4) is 0 Å². The first-order chi connectivity index (χ1) is 17.6. The van der Waals surface area contributed by atoms with Gasteiger partial charge in [-0.3, -0.25) is 4.79 Å². The van der Waals surface area contributed by atoms with Crippen LogP contribution < -0.4 is 14.2 Å². The Bertz CT molecular complexity index is 1180. The predicted octanol–water partition coefficient (Wildman–Crippen LogP) is 5.50. The van der Waals surface area contributed by atoms with Crippen molar-refractivity contribution < 1.29 is 37.3 Å². The Morgan fingerprint density at radius 1 is 1.11 bits per heavy atom. The number of alkyl halides is 3. The first-order valence-corrected chi connectivity index (χ1v) is 12.0. The maximum absolute atomic E-state index is 12.9. The summed E-state index contributed by atoms with van der Waals surface area (Å²) in [7, 11) is 0. The lowest BCUT2D eigenvalue weighted by Gasteiger charge is -2.13. The third-order valence-electron chi connectivity index (χ3n) is 5.21. The minimum atomic E-state index is -4.46. The number of pyridine rings is 1. The summed E-state index contributed by atoms with van der Waals surface area (Å²) in [4.78, 5) is 14.8. The smallest absolute Gasteiger partial charge is 0.417 e. The SMILES string of the molecule is CCOc1cc(OCCCc2cn(-c3ccc(C(F)(F)F)cn3)nc2OC(C)C)ccc1CCC(=O)O. The molecule has 0 aliphatic carbocycles. The second kappa shape index (κ2) is 12.5. The van der Waals surface area contributed by atoms with Gasteiger partial charge in [0.2, 0.25) is 5.88 Å². The number of aryl methyl sites for hydroxylation is 2. The molecule has 2 aromatic heterocycles. The average molecular weight is 522 g/mol. The molecular weight excluding hydrogens is 491 g/mol. The van der Waals surface area contributed by atoms with Crippen LogP contribution in [-0.2, 0) is 23.8 Å². The summed E-state index contributed by atoms with van der Waals surface area (Å²) in [6, 6.07) is 7.56. The summed E-state index contributed by atoms with van der Waals surface area (Å²) in [5, 5.41) is 13.3. The van der Waals surface area contributed by atoms with Gasteiger partial charge in [0.1, 0.15) is 11.5 Å². The third-order valence-corrected chi connectivity index (χ3v) is 5.21. The predicted molar refractivity (Wildman–Crippen MR) is 130 cm³/mol. The van der Waals surface area contributed by atoms with Crippen LogP contribution in [0, 0.1) is 0 Å². The maximum Gasteiger partial charge on any atom is 0.417 e.